The number of aromatic nitrogens is 2. The summed E-state index contributed by atoms with van der Waals surface area (Å²) >= 11 is 1.41. The van der Waals surface area contributed by atoms with Crippen molar-refractivity contribution in [2.24, 2.45) is 0 Å². The Hall–Kier alpha value is -3.44. The maximum absolute atomic E-state index is 12.7. The van der Waals surface area contributed by atoms with Crippen molar-refractivity contribution in [2.75, 3.05) is 11.9 Å². The summed E-state index contributed by atoms with van der Waals surface area (Å²) in [6.45, 7) is 3.59. The molecule has 0 bridgehead atoms. The molecule has 0 atom stereocenters. The fraction of sp³-hybridized carbons (Fsp3) is 0.333. The second-order valence-corrected chi connectivity index (χ2v) is 8.94. The average Bonchev–Trinajstić information content (AvgIpc) is 3.38. The van der Waals surface area contributed by atoms with Gasteiger partial charge in [0.2, 0.25) is 11.8 Å². The average molecular weight is 448 g/mol. The normalized spacial score (nSPS) is 12.8. The first kappa shape index (κ1) is 21.8. The third kappa shape index (κ3) is 4.89. The Morgan fingerprint density at radius 3 is 2.78 bits per heavy atom. The molecule has 3 aromatic rings. The minimum Gasteiger partial charge on any atom is -0.337 e. The van der Waals surface area contributed by atoms with Crippen molar-refractivity contribution in [1.82, 2.24) is 14.5 Å². The highest BCUT2D eigenvalue weighted by molar-refractivity contribution is 7.16. The zero-order chi connectivity index (χ0) is 22.5. The molecule has 2 amide bonds. The number of nitrogens with zero attached hydrogens (tertiary/aromatic N) is 4. The van der Waals surface area contributed by atoms with Gasteiger partial charge in [0.25, 0.3) is 0 Å². The molecule has 1 N–H and O–H groups in total. The molecule has 3 heterocycles. The van der Waals surface area contributed by atoms with Crippen molar-refractivity contribution >= 4 is 28.2 Å². The number of carbonyl (C=O) groups is 2. The van der Waals surface area contributed by atoms with E-state index in [-0.39, 0.29) is 11.8 Å². The van der Waals surface area contributed by atoms with E-state index in [0.29, 0.717) is 55.9 Å². The van der Waals surface area contributed by atoms with Crippen LogP contribution in [0.3, 0.4) is 0 Å². The number of thiophene rings is 1. The van der Waals surface area contributed by atoms with Gasteiger partial charge in [-0.3, -0.25) is 9.59 Å². The zero-order valence-electron chi connectivity index (χ0n) is 18.0. The highest BCUT2D eigenvalue weighted by Gasteiger charge is 2.27. The molecule has 0 spiro atoms. The van der Waals surface area contributed by atoms with Gasteiger partial charge in [0, 0.05) is 43.2 Å². The number of aryl methyl sites for hydroxylation is 3. The lowest BCUT2D eigenvalue weighted by molar-refractivity contribution is -0.132. The molecule has 7 nitrogen and oxygen atoms in total. The van der Waals surface area contributed by atoms with Gasteiger partial charge in [0.05, 0.1) is 12.1 Å². The van der Waals surface area contributed by atoms with Crippen LogP contribution in [-0.4, -0.2) is 32.8 Å². The van der Waals surface area contributed by atoms with Gasteiger partial charge in [-0.1, -0.05) is 30.3 Å². The van der Waals surface area contributed by atoms with Crippen LogP contribution >= 0.6 is 11.3 Å². The number of hydrogen-bond acceptors (Lipinski definition) is 5. The second-order valence-electron chi connectivity index (χ2n) is 7.84. The SMILES string of the molecule is Cc1nccn1CCC(=O)N1CCc2c(sc(NC(=O)CCc3ccccc3)c2C#N)C1. The van der Waals surface area contributed by atoms with Crippen molar-refractivity contribution < 1.29 is 9.59 Å². The fourth-order valence-corrected chi connectivity index (χ4v) is 5.16. The summed E-state index contributed by atoms with van der Waals surface area (Å²) < 4.78 is 1.97. The summed E-state index contributed by atoms with van der Waals surface area (Å²) in [5, 5.41) is 13.2. The van der Waals surface area contributed by atoms with E-state index in [9.17, 15) is 14.9 Å². The first-order valence-electron chi connectivity index (χ1n) is 10.7. The van der Waals surface area contributed by atoms with Crippen LogP contribution in [0.15, 0.2) is 42.7 Å². The number of imidazole rings is 1. The molecule has 32 heavy (non-hydrogen) atoms. The molecule has 0 aliphatic carbocycles. The van der Waals surface area contributed by atoms with Gasteiger partial charge in [0.15, 0.2) is 0 Å². The number of carbonyl (C=O) groups excluding carboxylic acids is 2. The molecular weight excluding hydrogens is 422 g/mol. The maximum atomic E-state index is 12.7. The molecule has 0 unspecified atom stereocenters. The van der Waals surface area contributed by atoms with Crippen molar-refractivity contribution in [3.63, 3.8) is 0 Å². The highest BCUT2D eigenvalue weighted by atomic mass is 32.1. The minimum absolute atomic E-state index is 0.0871. The Bertz CT molecular complexity index is 1160. The topological polar surface area (TPSA) is 91.0 Å². The number of benzene rings is 1. The smallest absolute Gasteiger partial charge is 0.225 e. The van der Waals surface area contributed by atoms with E-state index < -0.39 is 0 Å². The zero-order valence-corrected chi connectivity index (χ0v) is 18.8. The van der Waals surface area contributed by atoms with Crippen LogP contribution in [0, 0.1) is 18.3 Å². The Kier molecular flexibility index (Phi) is 6.66. The molecular formula is C24H25N5O2S. The predicted molar refractivity (Wildman–Crippen MR) is 123 cm³/mol. The van der Waals surface area contributed by atoms with Gasteiger partial charge in [0.1, 0.15) is 16.9 Å². The Morgan fingerprint density at radius 2 is 2.06 bits per heavy atom. The number of nitriles is 1. The molecule has 0 saturated carbocycles. The van der Waals surface area contributed by atoms with E-state index in [2.05, 4.69) is 16.4 Å². The summed E-state index contributed by atoms with van der Waals surface area (Å²) in [5.74, 6) is 0.875. The third-order valence-corrected chi connectivity index (χ3v) is 6.88. The molecule has 4 rings (SSSR count). The van der Waals surface area contributed by atoms with E-state index in [0.717, 1.165) is 21.8 Å². The lowest BCUT2D eigenvalue weighted by Gasteiger charge is -2.27. The lowest BCUT2D eigenvalue weighted by atomic mass is 10.0. The third-order valence-electron chi connectivity index (χ3n) is 5.75. The Balaban J connectivity index is 1.37. The summed E-state index contributed by atoms with van der Waals surface area (Å²) in [4.78, 5) is 32.2. The van der Waals surface area contributed by atoms with Gasteiger partial charge in [-0.15, -0.1) is 11.3 Å². The molecule has 164 valence electrons. The van der Waals surface area contributed by atoms with E-state index >= 15 is 0 Å². The maximum Gasteiger partial charge on any atom is 0.225 e. The van der Waals surface area contributed by atoms with Gasteiger partial charge in [-0.25, -0.2) is 4.98 Å². The first-order valence-corrected chi connectivity index (χ1v) is 11.5. The molecule has 1 aliphatic heterocycles. The molecule has 0 fully saturated rings. The van der Waals surface area contributed by atoms with Crippen molar-refractivity contribution in [1.29, 1.82) is 5.26 Å². The molecule has 0 saturated heterocycles. The van der Waals surface area contributed by atoms with E-state index in [1.165, 1.54) is 11.3 Å². The minimum atomic E-state index is -0.104. The van der Waals surface area contributed by atoms with Crippen LogP contribution in [0.2, 0.25) is 0 Å². The van der Waals surface area contributed by atoms with Crippen LogP contribution < -0.4 is 5.32 Å². The van der Waals surface area contributed by atoms with Crippen molar-refractivity contribution in [3.8, 4) is 6.07 Å². The summed E-state index contributed by atoms with van der Waals surface area (Å²) in [7, 11) is 0. The molecule has 1 aliphatic rings. The summed E-state index contributed by atoms with van der Waals surface area (Å²) in [5.41, 5.74) is 2.61. The summed E-state index contributed by atoms with van der Waals surface area (Å²) in [6, 6.07) is 12.1. The monoisotopic (exact) mass is 447 g/mol. The number of fused-ring (bicyclic) bond motifs is 1. The summed E-state index contributed by atoms with van der Waals surface area (Å²) in [6.07, 6.45) is 5.66. The number of anilines is 1. The van der Waals surface area contributed by atoms with E-state index in [1.807, 2.05) is 52.9 Å². The molecule has 8 heteroatoms. The van der Waals surface area contributed by atoms with Gasteiger partial charge in [-0.2, -0.15) is 5.26 Å². The Labute approximate surface area is 191 Å². The standard InChI is InChI=1S/C24H25N5O2S/c1-17-26-11-14-28(17)13-10-23(31)29-12-9-19-20(15-25)24(32-21(19)16-29)27-22(30)8-7-18-5-3-2-4-6-18/h2-6,11,14H,7-10,12-13,16H2,1H3,(H,27,30). The molecule has 1 aromatic carbocycles. The number of nitrogens with one attached hydrogen (secondary N) is 1. The van der Waals surface area contributed by atoms with Crippen LogP contribution in [0.5, 0.6) is 0 Å². The number of rotatable bonds is 7. The van der Waals surface area contributed by atoms with E-state index in [1.54, 1.807) is 6.20 Å². The Morgan fingerprint density at radius 1 is 1.25 bits per heavy atom. The largest absolute Gasteiger partial charge is 0.337 e. The predicted octanol–water partition coefficient (Wildman–Crippen LogP) is 3.67. The molecule has 2 aromatic heterocycles. The van der Waals surface area contributed by atoms with Crippen molar-refractivity contribution in [3.05, 3.63) is 70.1 Å². The van der Waals surface area contributed by atoms with Crippen molar-refractivity contribution in [2.45, 2.75) is 45.7 Å². The van der Waals surface area contributed by atoms with E-state index in [4.69, 9.17) is 0 Å². The molecule has 0 radical (unpaired) electrons. The van der Waals surface area contributed by atoms with Gasteiger partial charge >= 0.3 is 0 Å². The van der Waals surface area contributed by atoms with Crippen LogP contribution in [-0.2, 0) is 35.5 Å². The number of amides is 2. The fourth-order valence-electron chi connectivity index (χ4n) is 3.93. The van der Waals surface area contributed by atoms with Crippen LogP contribution in [0.25, 0.3) is 0 Å². The lowest BCUT2D eigenvalue weighted by Crippen LogP contribution is -2.35. The van der Waals surface area contributed by atoms with Gasteiger partial charge in [-0.05, 0) is 30.9 Å². The van der Waals surface area contributed by atoms with Crippen LogP contribution in [0.1, 0.15) is 40.2 Å². The first-order chi connectivity index (χ1) is 15.5. The highest BCUT2D eigenvalue weighted by Crippen LogP contribution is 2.37. The quantitative estimate of drug-likeness (QED) is 0.598. The van der Waals surface area contributed by atoms with Crippen LogP contribution in [0.4, 0.5) is 5.00 Å². The van der Waals surface area contributed by atoms with Gasteiger partial charge < -0.3 is 14.8 Å². The second kappa shape index (κ2) is 9.79. The number of hydrogen-bond donors (Lipinski definition) is 1.